The summed E-state index contributed by atoms with van der Waals surface area (Å²) < 4.78 is 29.2. The predicted molar refractivity (Wildman–Crippen MR) is 176 cm³/mol. The molecule has 0 heterocycles. The van der Waals surface area contributed by atoms with Crippen molar-refractivity contribution in [3.05, 3.63) is 130 Å². The standard InChI is InChI=1S/C35H38ClN3O4S/c1-25(2)37-35(41)33(22-28-8-6-5-7-9-28)38(23-29-14-10-26(3)11-15-29)34(40)24-39(31-18-16-30(36)17-19-31)44(42,43)32-20-12-27(4)13-21-32/h5-21,25,33H,22-24H2,1-4H3,(H,37,41)/t33-/m0/s1. The van der Waals surface area contributed by atoms with Crippen LogP contribution in [0, 0.1) is 13.8 Å². The van der Waals surface area contributed by atoms with E-state index in [-0.39, 0.29) is 35.5 Å². The number of carbonyl (C=O) groups excluding carboxylic acids is 2. The number of hydrogen-bond donors (Lipinski definition) is 1. The fourth-order valence-corrected chi connectivity index (χ4v) is 6.34. The molecule has 1 N–H and O–H groups in total. The second-order valence-corrected chi connectivity index (χ2v) is 13.5. The number of sulfonamides is 1. The Kier molecular flexibility index (Phi) is 10.8. The fraction of sp³-hybridized carbons (Fsp3) is 0.257. The predicted octanol–water partition coefficient (Wildman–Crippen LogP) is 6.32. The van der Waals surface area contributed by atoms with E-state index >= 15 is 0 Å². The van der Waals surface area contributed by atoms with Gasteiger partial charge in [0.25, 0.3) is 10.0 Å². The van der Waals surface area contributed by atoms with E-state index in [0.29, 0.717) is 5.02 Å². The third kappa shape index (κ3) is 8.49. The normalized spacial score (nSPS) is 12.0. The van der Waals surface area contributed by atoms with Crippen LogP contribution in [0.2, 0.25) is 5.02 Å². The van der Waals surface area contributed by atoms with E-state index < -0.39 is 28.5 Å². The molecular weight excluding hydrogens is 594 g/mol. The monoisotopic (exact) mass is 631 g/mol. The van der Waals surface area contributed by atoms with Crippen molar-refractivity contribution in [1.29, 1.82) is 0 Å². The molecule has 0 spiro atoms. The van der Waals surface area contributed by atoms with E-state index in [2.05, 4.69) is 5.32 Å². The van der Waals surface area contributed by atoms with Crippen LogP contribution in [0.4, 0.5) is 5.69 Å². The van der Waals surface area contributed by atoms with Gasteiger partial charge in [-0.15, -0.1) is 0 Å². The smallest absolute Gasteiger partial charge is 0.264 e. The average molecular weight is 632 g/mol. The number of benzene rings is 4. The zero-order valence-corrected chi connectivity index (χ0v) is 27.0. The maximum atomic E-state index is 14.4. The number of nitrogens with zero attached hydrogens (tertiary/aromatic N) is 2. The summed E-state index contributed by atoms with van der Waals surface area (Å²) in [6.45, 7) is 7.15. The number of hydrogen-bond acceptors (Lipinski definition) is 4. The lowest BCUT2D eigenvalue weighted by atomic mass is 10.0. The number of anilines is 1. The number of aryl methyl sites for hydroxylation is 2. The summed E-state index contributed by atoms with van der Waals surface area (Å²) in [5.41, 5.74) is 3.94. The van der Waals surface area contributed by atoms with Crippen LogP contribution in [0.1, 0.15) is 36.1 Å². The molecule has 0 aliphatic heterocycles. The molecule has 230 valence electrons. The first-order valence-electron chi connectivity index (χ1n) is 14.5. The van der Waals surface area contributed by atoms with Crippen molar-refractivity contribution in [2.75, 3.05) is 10.8 Å². The largest absolute Gasteiger partial charge is 0.352 e. The van der Waals surface area contributed by atoms with Gasteiger partial charge >= 0.3 is 0 Å². The first-order valence-corrected chi connectivity index (χ1v) is 16.3. The Balaban J connectivity index is 1.79. The van der Waals surface area contributed by atoms with Crippen LogP contribution in [0.5, 0.6) is 0 Å². The minimum atomic E-state index is -4.17. The molecule has 0 saturated heterocycles. The van der Waals surface area contributed by atoms with E-state index in [1.165, 1.54) is 17.0 Å². The second kappa shape index (κ2) is 14.6. The number of amides is 2. The molecule has 4 aromatic rings. The second-order valence-electron chi connectivity index (χ2n) is 11.2. The highest BCUT2D eigenvalue weighted by Gasteiger charge is 2.34. The Morgan fingerprint density at radius 3 is 1.91 bits per heavy atom. The van der Waals surface area contributed by atoms with E-state index in [4.69, 9.17) is 11.6 Å². The molecule has 44 heavy (non-hydrogen) atoms. The summed E-state index contributed by atoms with van der Waals surface area (Å²) >= 11 is 6.13. The molecular formula is C35H38ClN3O4S. The van der Waals surface area contributed by atoms with Gasteiger partial charge in [-0.2, -0.15) is 0 Å². The first-order chi connectivity index (χ1) is 20.9. The summed E-state index contributed by atoms with van der Waals surface area (Å²) in [6, 6.07) is 28.9. The van der Waals surface area contributed by atoms with Crippen LogP contribution >= 0.6 is 11.6 Å². The van der Waals surface area contributed by atoms with Crippen LogP contribution < -0.4 is 9.62 Å². The molecule has 4 rings (SSSR count). The molecule has 0 saturated carbocycles. The molecule has 1 atom stereocenters. The molecule has 2 amide bonds. The Labute approximate surface area is 265 Å². The zero-order valence-electron chi connectivity index (χ0n) is 25.4. The van der Waals surface area contributed by atoms with Gasteiger partial charge in [-0.1, -0.05) is 89.5 Å². The van der Waals surface area contributed by atoms with Crippen molar-refractivity contribution in [2.45, 2.75) is 57.6 Å². The highest BCUT2D eigenvalue weighted by molar-refractivity contribution is 7.92. The van der Waals surface area contributed by atoms with Crippen molar-refractivity contribution < 1.29 is 18.0 Å². The molecule has 4 aromatic carbocycles. The Bertz CT molecular complexity index is 1660. The number of halogens is 1. The fourth-order valence-electron chi connectivity index (χ4n) is 4.80. The van der Waals surface area contributed by atoms with Gasteiger partial charge in [0.05, 0.1) is 10.6 Å². The lowest BCUT2D eigenvalue weighted by Gasteiger charge is -2.34. The van der Waals surface area contributed by atoms with Gasteiger partial charge in [0.1, 0.15) is 12.6 Å². The molecule has 0 aromatic heterocycles. The lowest BCUT2D eigenvalue weighted by molar-refractivity contribution is -0.140. The molecule has 0 aliphatic carbocycles. The highest BCUT2D eigenvalue weighted by atomic mass is 35.5. The van der Waals surface area contributed by atoms with Gasteiger partial charge in [0.2, 0.25) is 11.8 Å². The summed E-state index contributed by atoms with van der Waals surface area (Å²) in [5, 5.41) is 3.40. The third-order valence-electron chi connectivity index (χ3n) is 7.18. The van der Waals surface area contributed by atoms with Crippen molar-refractivity contribution in [2.24, 2.45) is 0 Å². The quantitative estimate of drug-likeness (QED) is 0.198. The summed E-state index contributed by atoms with van der Waals surface area (Å²) in [5.74, 6) is -0.834. The van der Waals surface area contributed by atoms with Gasteiger partial charge in [-0.05, 0) is 75.2 Å². The van der Waals surface area contributed by atoms with E-state index in [9.17, 15) is 18.0 Å². The van der Waals surface area contributed by atoms with Gasteiger partial charge in [0, 0.05) is 24.0 Å². The van der Waals surface area contributed by atoms with Crippen molar-refractivity contribution in [3.8, 4) is 0 Å². The minimum absolute atomic E-state index is 0.0503. The van der Waals surface area contributed by atoms with Crippen LogP contribution in [0.3, 0.4) is 0 Å². The highest BCUT2D eigenvalue weighted by Crippen LogP contribution is 2.27. The summed E-state index contributed by atoms with van der Waals surface area (Å²) in [6.07, 6.45) is 0.253. The zero-order chi connectivity index (χ0) is 31.9. The maximum Gasteiger partial charge on any atom is 0.264 e. The molecule has 0 fully saturated rings. The minimum Gasteiger partial charge on any atom is -0.352 e. The van der Waals surface area contributed by atoms with Crippen molar-refractivity contribution in [1.82, 2.24) is 10.2 Å². The average Bonchev–Trinajstić information content (AvgIpc) is 2.99. The lowest BCUT2D eigenvalue weighted by Crippen LogP contribution is -2.54. The topological polar surface area (TPSA) is 86.8 Å². The summed E-state index contributed by atoms with van der Waals surface area (Å²) in [4.78, 5) is 29.7. The van der Waals surface area contributed by atoms with E-state index in [1.54, 1.807) is 36.4 Å². The van der Waals surface area contributed by atoms with Crippen LogP contribution in [0.25, 0.3) is 0 Å². The van der Waals surface area contributed by atoms with Crippen molar-refractivity contribution >= 4 is 39.1 Å². The number of rotatable bonds is 12. The Morgan fingerprint density at radius 1 is 0.773 bits per heavy atom. The molecule has 0 radical (unpaired) electrons. The third-order valence-corrected chi connectivity index (χ3v) is 9.22. The molecule has 7 nitrogen and oxygen atoms in total. The van der Waals surface area contributed by atoms with Crippen LogP contribution in [-0.4, -0.2) is 43.8 Å². The number of nitrogens with one attached hydrogen (secondary N) is 1. The van der Waals surface area contributed by atoms with Gasteiger partial charge in [-0.3, -0.25) is 13.9 Å². The molecule has 9 heteroatoms. The molecule has 0 bridgehead atoms. The van der Waals surface area contributed by atoms with Crippen LogP contribution in [-0.2, 0) is 32.6 Å². The summed E-state index contributed by atoms with van der Waals surface area (Å²) in [7, 11) is -4.17. The van der Waals surface area contributed by atoms with Gasteiger partial charge in [-0.25, -0.2) is 8.42 Å². The number of carbonyl (C=O) groups is 2. The van der Waals surface area contributed by atoms with Crippen molar-refractivity contribution in [3.63, 3.8) is 0 Å². The van der Waals surface area contributed by atoms with Crippen LogP contribution in [0.15, 0.2) is 108 Å². The molecule has 0 aliphatic rings. The molecule has 0 unspecified atom stereocenters. The van der Waals surface area contributed by atoms with E-state index in [0.717, 1.165) is 26.6 Å². The van der Waals surface area contributed by atoms with Gasteiger partial charge in [0.15, 0.2) is 0 Å². The SMILES string of the molecule is Cc1ccc(CN(C(=O)CN(c2ccc(Cl)cc2)S(=O)(=O)c2ccc(C)cc2)[C@@H](Cc2ccccc2)C(=O)NC(C)C)cc1. The Morgan fingerprint density at radius 2 is 1.34 bits per heavy atom. The van der Waals surface area contributed by atoms with Gasteiger partial charge < -0.3 is 10.2 Å². The maximum absolute atomic E-state index is 14.4. The first kappa shape index (κ1) is 32.8. The Hall–Kier alpha value is -4.14. The van der Waals surface area contributed by atoms with E-state index in [1.807, 2.05) is 82.3 Å².